The van der Waals surface area contributed by atoms with Gasteiger partial charge in [0.1, 0.15) is 0 Å². The predicted octanol–water partition coefficient (Wildman–Crippen LogP) is 2.18. The van der Waals surface area contributed by atoms with E-state index in [0.717, 1.165) is 0 Å². The highest BCUT2D eigenvalue weighted by atomic mass is 32.1. The molecular weight excluding hydrogens is 272 g/mol. The standard InChI is InChI=1S/C15H22N2O2S/c1-19-15(18)10-12(14-5-3-9-20-14)16-11-6-8-17-7-2-4-13(11)17/h3,5,9,11-13,16H,2,4,6-8,10H2,1H3. The molecule has 0 spiro atoms. The first-order chi connectivity index (χ1) is 9.78. The Morgan fingerprint density at radius 1 is 1.55 bits per heavy atom. The van der Waals surface area contributed by atoms with Crippen molar-refractivity contribution in [3.05, 3.63) is 22.4 Å². The largest absolute Gasteiger partial charge is 0.469 e. The molecule has 2 aliphatic rings. The van der Waals surface area contributed by atoms with Crippen molar-refractivity contribution in [3.8, 4) is 0 Å². The molecule has 3 heterocycles. The molecule has 2 aliphatic heterocycles. The van der Waals surface area contributed by atoms with Gasteiger partial charge in [0.25, 0.3) is 0 Å². The molecule has 1 N–H and O–H groups in total. The minimum absolute atomic E-state index is 0.0907. The molecule has 2 saturated heterocycles. The fourth-order valence-electron chi connectivity index (χ4n) is 3.52. The van der Waals surface area contributed by atoms with Gasteiger partial charge in [0, 0.05) is 23.5 Å². The van der Waals surface area contributed by atoms with E-state index in [-0.39, 0.29) is 12.0 Å². The van der Waals surface area contributed by atoms with Gasteiger partial charge in [0.2, 0.25) is 0 Å². The van der Waals surface area contributed by atoms with Gasteiger partial charge >= 0.3 is 5.97 Å². The highest BCUT2D eigenvalue weighted by molar-refractivity contribution is 7.10. The molecule has 5 heteroatoms. The van der Waals surface area contributed by atoms with E-state index >= 15 is 0 Å². The normalized spacial score (nSPS) is 27.4. The average molecular weight is 294 g/mol. The number of hydrogen-bond donors (Lipinski definition) is 1. The zero-order valence-electron chi connectivity index (χ0n) is 11.9. The Morgan fingerprint density at radius 2 is 2.45 bits per heavy atom. The van der Waals surface area contributed by atoms with E-state index in [0.29, 0.717) is 18.5 Å². The van der Waals surface area contributed by atoms with Gasteiger partial charge in [0.05, 0.1) is 19.6 Å². The van der Waals surface area contributed by atoms with Gasteiger partial charge in [-0.1, -0.05) is 6.07 Å². The third kappa shape index (κ3) is 2.90. The number of thiophene rings is 1. The molecule has 0 aliphatic carbocycles. The number of methoxy groups -OCH3 is 1. The first kappa shape index (κ1) is 14.0. The first-order valence-corrected chi connectivity index (χ1v) is 8.26. The lowest BCUT2D eigenvalue weighted by Gasteiger charge is -2.26. The molecule has 0 radical (unpaired) electrons. The van der Waals surface area contributed by atoms with Crippen LogP contribution in [0.1, 0.15) is 36.6 Å². The third-order valence-electron chi connectivity index (χ3n) is 4.51. The van der Waals surface area contributed by atoms with Crippen molar-refractivity contribution >= 4 is 17.3 Å². The fourth-order valence-corrected chi connectivity index (χ4v) is 4.30. The fraction of sp³-hybridized carbons (Fsp3) is 0.667. The molecule has 3 rings (SSSR count). The van der Waals surface area contributed by atoms with Gasteiger partial charge in [-0.2, -0.15) is 0 Å². The van der Waals surface area contributed by atoms with Crippen molar-refractivity contribution in [1.82, 2.24) is 10.2 Å². The minimum Gasteiger partial charge on any atom is -0.469 e. The number of rotatable bonds is 5. The smallest absolute Gasteiger partial charge is 0.307 e. The number of hydrogen-bond acceptors (Lipinski definition) is 5. The summed E-state index contributed by atoms with van der Waals surface area (Å²) in [6.07, 6.45) is 4.20. The van der Waals surface area contributed by atoms with Crippen molar-refractivity contribution in [2.75, 3.05) is 20.2 Å². The molecule has 3 unspecified atom stereocenters. The predicted molar refractivity (Wildman–Crippen MR) is 79.8 cm³/mol. The Balaban J connectivity index is 1.68. The third-order valence-corrected chi connectivity index (χ3v) is 5.49. The van der Waals surface area contributed by atoms with Crippen molar-refractivity contribution in [1.29, 1.82) is 0 Å². The van der Waals surface area contributed by atoms with Crippen LogP contribution in [-0.4, -0.2) is 43.2 Å². The number of nitrogens with zero attached hydrogens (tertiary/aromatic N) is 1. The molecule has 0 aromatic carbocycles. The minimum atomic E-state index is -0.142. The molecule has 1 aromatic heterocycles. The maximum absolute atomic E-state index is 11.7. The summed E-state index contributed by atoms with van der Waals surface area (Å²) < 4.78 is 4.85. The Kier molecular flexibility index (Phi) is 4.38. The molecule has 3 atom stereocenters. The van der Waals surface area contributed by atoms with Crippen LogP contribution < -0.4 is 5.32 Å². The van der Waals surface area contributed by atoms with Crippen LogP contribution in [-0.2, 0) is 9.53 Å². The monoisotopic (exact) mass is 294 g/mol. The SMILES string of the molecule is COC(=O)CC(NC1CCN2CCCC12)c1cccs1. The molecular formula is C15H22N2O2S. The number of carbonyl (C=O) groups is 1. The molecule has 0 bridgehead atoms. The Hall–Kier alpha value is -0.910. The second-order valence-electron chi connectivity index (χ2n) is 5.66. The van der Waals surface area contributed by atoms with Crippen molar-refractivity contribution in [3.63, 3.8) is 0 Å². The molecule has 110 valence electrons. The van der Waals surface area contributed by atoms with Crippen LogP contribution in [0.4, 0.5) is 0 Å². The van der Waals surface area contributed by atoms with Crippen molar-refractivity contribution in [2.45, 2.75) is 43.8 Å². The zero-order valence-corrected chi connectivity index (χ0v) is 12.7. The van der Waals surface area contributed by atoms with E-state index in [1.165, 1.54) is 44.3 Å². The Morgan fingerprint density at radius 3 is 3.20 bits per heavy atom. The summed E-state index contributed by atoms with van der Waals surface area (Å²) in [5.74, 6) is -0.142. The van der Waals surface area contributed by atoms with Gasteiger partial charge < -0.3 is 10.1 Å². The van der Waals surface area contributed by atoms with E-state index in [1.807, 2.05) is 6.07 Å². The van der Waals surface area contributed by atoms with Gasteiger partial charge in [-0.3, -0.25) is 9.69 Å². The maximum atomic E-state index is 11.7. The van der Waals surface area contributed by atoms with E-state index in [4.69, 9.17) is 4.74 Å². The Bertz CT molecular complexity index is 449. The van der Waals surface area contributed by atoms with E-state index in [1.54, 1.807) is 11.3 Å². The topological polar surface area (TPSA) is 41.6 Å². The highest BCUT2D eigenvalue weighted by Crippen LogP contribution is 2.31. The van der Waals surface area contributed by atoms with Gasteiger partial charge in [0.15, 0.2) is 0 Å². The summed E-state index contributed by atoms with van der Waals surface area (Å²) >= 11 is 1.71. The molecule has 0 amide bonds. The Labute approximate surface area is 124 Å². The maximum Gasteiger partial charge on any atom is 0.307 e. The second-order valence-corrected chi connectivity index (χ2v) is 6.63. The number of esters is 1. The molecule has 0 saturated carbocycles. The summed E-state index contributed by atoms with van der Waals surface area (Å²) in [5.41, 5.74) is 0. The van der Waals surface area contributed by atoms with Crippen LogP contribution >= 0.6 is 11.3 Å². The lowest BCUT2D eigenvalue weighted by Crippen LogP contribution is -2.41. The summed E-state index contributed by atoms with van der Waals surface area (Å²) in [5, 5.41) is 5.79. The molecule has 20 heavy (non-hydrogen) atoms. The molecule has 1 aromatic rings. The van der Waals surface area contributed by atoms with Gasteiger partial charge in [-0.15, -0.1) is 11.3 Å². The lowest BCUT2D eigenvalue weighted by atomic mass is 10.0. The molecule has 2 fully saturated rings. The van der Waals surface area contributed by atoms with Crippen LogP contribution in [0.15, 0.2) is 17.5 Å². The number of nitrogens with one attached hydrogen (secondary N) is 1. The van der Waals surface area contributed by atoms with E-state index in [2.05, 4.69) is 21.7 Å². The molecule has 4 nitrogen and oxygen atoms in total. The summed E-state index contributed by atoms with van der Waals surface area (Å²) in [6.45, 7) is 2.43. The number of carbonyl (C=O) groups excluding carboxylic acids is 1. The van der Waals surface area contributed by atoms with Crippen LogP contribution in [0, 0.1) is 0 Å². The number of fused-ring (bicyclic) bond motifs is 1. The number of ether oxygens (including phenoxy) is 1. The highest BCUT2D eigenvalue weighted by Gasteiger charge is 2.38. The summed E-state index contributed by atoms with van der Waals surface area (Å²) in [4.78, 5) is 15.5. The van der Waals surface area contributed by atoms with Crippen molar-refractivity contribution in [2.24, 2.45) is 0 Å². The second kappa shape index (κ2) is 6.24. The van der Waals surface area contributed by atoms with Crippen molar-refractivity contribution < 1.29 is 9.53 Å². The first-order valence-electron chi connectivity index (χ1n) is 7.38. The summed E-state index contributed by atoms with van der Waals surface area (Å²) in [6, 6.07) is 5.41. The van der Waals surface area contributed by atoms with Gasteiger partial charge in [-0.05, 0) is 37.3 Å². The zero-order chi connectivity index (χ0) is 13.9. The van der Waals surface area contributed by atoms with Crippen LogP contribution in [0.2, 0.25) is 0 Å². The quantitative estimate of drug-likeness (QED) is 0.845. The van der Waals surface area contributed by atoms with Crippen LogP contribution in [0.5, 0.6) is 0 Å². The van der Waals surface area contributed by atoms with E-state index < -0.39 is 0 Å². The van der Waals surface area contributed by atoms with Gasteiger partial charge in [-0.25, -0.2) is 0 Å². The summed E-state index contributed by atoms with van der Waals surface area (Å²) in [7, 11) is 1.46. The average Bonchev–Trinajstić information content (AvgIpc) is 3.16. The lowest BCUT2D eigenvalue weighted by molar-refractivity contribution is -0.141. The van der Waals surface area contributed by atoms with Crippen LogP contribution in [0.25, 0.3) is 0 Å². The van der Waals surface area contributed by atoms with E-state index in [9.17, 15) is 4.79 Å². The van der Waals surface area contributed by atoms with Crippen LogP contribution in [0.3, 0.4) is 0 Å².